The van der Waals surface area contributed by atoms with Crippen LogP contribution < -0.4 is 5.73 Å². The third-order valence-electron chi connectivity index (χ3n) is 2.00. The highest BCUT2D eigenvalue weighted by atomic mass is 15.0. The molecule has 0 spiro atoms. The normalized spacial score (nSPS) is 6.76. The Morgan fingerprint density at radius 3 is 1.32 bits per heavy atom. The topological polar surface area (TPSA) is 43.8 Å². The molecule has 1 aromatic carbocycles. The van der Waals surface area contributed by atoms with Gasteiger partial charge in [-0.2, -0.15) is 0 Å². The minimum Gasteiger partial charge on any atom is -0.338 e. The number of rotatable bonds is 0. The van der Waals surface area contributed by atoms with E-state index in [0.717, 1.165) is 12.4 Å². The number of benzene rings is 1. The van der Waals surface area contributed by atoms with Gasteiger partial charge in [0.05, 0.1) is 0 Å². The van der Waals surface area contributed by atoms with Gasteiger partial charge in [-0.1, -0.05) is 98.2 Å². The Kier molecular flexibility index (Phi) is 52.9. The van der Waals surface area contributed by atoms with E-state index >= 15 is 0 Å². The van der Waals surface area contributed by atoms with Gasteiger partial charge < -0.3 is 10.3 Å². The fourth-order valence-electron chi connectivity index (χ4n) is 0.975. The van der Waals surface area contributed by atoms with Crippen molar-refractivity contribution in [2.24, 2.45) is 12.8 Å². The smallest absolute Gasteiger partial charge is 0.105 e. The van der Waals surface area contributed by atoms with Crippen molar-refractivity contribution >= 4 is 0 Å². The van der Waals surface area contributed by atoms with Crippen LogP contribution in [0, 0.1) is 13.8 Å². The van der Waals surface area contributed by atoms with Crippen molar-refractivity contribution in [1.29, 1.82) is 0 Å². The van der Waals surface area contributed by atoms with Crippen molar-refractivity contribution in [3.63, 3.8) is 0 Å². The van der Waals surface area contributed by atoms with E-state index in [-0.39, 0.29) is 0 Å². The first-order chi connectivity index (χ1) is 12.1. The quantitative estimate of drug-likeness (QED) is 0.566. The maximum atomic E-state index is 4.85. The molecule has 0 aliphatic rings. The molecule has 0 atom stereocenters. The number of aromatic nitrogens is 2. The molecule has 150 valence electrons. The largest absolute Gasteiger partial charge is 0.338 e. The van der Waals surface area contributed by atoms with Crippen molar-refractivity contribution in [3.05, 3.63) is 54.1 Å². The van der Waals surface area contributed by atoms with Crippen LogP contribution in [0.1, 0.15) is 73.7 Å². The molecule has 0 saturated heterocycles. The summed E-state index contributed by atoms with van der Waals surface area (Å²) in [7, 11) is 1.97. The van der Waals surface area contributed by atoms with Gasteiger partial charge in [0.15, 0.2) is 0 Å². The van der Waals surface area contributed by atoms with Crippen LogP contribution in [0.5, 0.6) is 0 Å². The van der Waals surface area contributed by atoms with Crippen LogP contribution in [0.25, 0.3) is 0 Å². The highest BCUT2D eigenvalue weighted by Gasteiger charge is 1.83. The fraction of sp³-hybridized carbons (Fsp3) is 0.591. The molecule has 0 radical (unpaired) electrons. The summed E-state index contributed by atoms with van der Waals surface area (Å²) < 4.78 is 1.97. The average molecular weight is 354 g/mol. The number of hydrogen-bond acceptors (Lipinski definition) is 2. The lowest BCUT2D eigenvalue weighted by Gasteiger charge is -1.87. The van der Waals surface area contributed by atoms with Crippen molar-refractivity contribution in [3.8, 4) is 0 Å². The van der Waals surface area contributed by atoms with E-state index in [9.17, 15) is 0 Å². The average Bonchev–Trinajstić information content (AvgIpc) is 3.07. The second kappa shape index (κ2) is 38.1. The first-order valence-electron chi connectivity index (χ1n) is 9.77. The van der Waals surface area contributed by atoms with E-state index in [2.05, 4.69) is 24.0 Å². The zero-order chi connectivity index (χ0) is 21.1. The molecule has 1 aromatic heterocycles. The highest BCUT2D eigenvalue weighted by molar-refractivity contribution is 5.11. The molecule has 1 heterocycles. The van der Waals surface area contributed by atoms with Crippen molar-refractivity contribution in [2.45, 2.75) is 76.2 Å². The zero-order valence-electron chi connectivity index (χ0n) is 19.2. The van der Waals surface area contributed by atoms with Gasteiger partial charge in [-0.25, -0.2) is 4.98 Å². The molecule has 0 unspecified atom stereocenters. The molecule has 2 aromatic rings. The monoisotopic (exact) mass is 353 g/mol. The molecule has 2 N–H and O–H groups in total. The van der Waals surface area contributed by atoms with Gasteiger partial charge in [0.1, 0.15) is 5.82 Å². The van der Waals surface area contributed by atoms with Gasteiger partial charge in [0, 0.05) is 19.4 Å². The SMILES string of the molecule is CC.CC.CC.CC.CCN.Cc1ccccc1.Cc1nccn1C. The van der Waals surface area contributed by atoms with E-state index in [1.54, 1.807) is 6.20 Å². The number of imidazole rings is 1. The Morgan fingerprint density at radius 1 is 0.840 bits per heavy atom. The summed E-state index contributed by atoms with van der Waals surface area (Å²) in [6.45, 7) is 22.7. The molecule has 0 fully saturated rings. The van der Waals surface area contributed by atoms with E-state index in [1.165, 1.54) is 5.56 Å². The molecule has 0 bridgehead atoms. The summed E-state index contributed by atoms with van der Waals surface area (Å²) in [5, 5.41) is 0. The van der Waals surface area contributed by atoms with Crippen LogP contribution in [0.4, 0.5) is 0 Å². The molecule has 2 rings (SSSR count). The lowest BCUT2D eigenvalue weighted by molar-refractivity contribution is 0.858. The predicted octanol–water partition coefficient (Wildman–Crippen LogP) is 6.79. The van der Waals surface area contributed by atoms with Crippen LogP contribution in [-0.4, -0.2) is 16.1 Å². The van der Waals surface area contributed by atoms with E-state index in [4.69, 9.17) is 5.73 Å². The minimum absolute atomic E-state index is 0.750. The van der Waals surface area contributed by atoms with Gasteiger partial charge in [0.2, 0.25) is 0 Å². The highest BCUT2D eigenvalue weighted by Crippen LogP contribution is 1.92. The Bertz CT molecular complexity index is 365. The summed E-state index contributed by atoms with van der Waals surface area (Å²) in [5.41, 5.74) is 6.17. The molecule has 3 heteroatoms. The van der Waals surface area contributed by atoms with Gasteiger partial charge in [0.25, 0.3) is 0 Å². The predicted molar refractivity (Wildman–Crippen MR) is 119 cm³/mol. The third-order valence-corrected chi connectivity index (χ3v) is 2.00. The fourth-order valence-corrected chi connectivity index (χ4v) is 0.975. The Hall–Kier alpha value is -1.61. The Labute approximate surface area is 159 Å². The van der Waals surface area contributed by atoms with Gasteiger partial charge in [-0.15, -0.1) is 0 Å². The zero-order valence-corrected chi connectivity index (χ0v) is 19.2. The van der Waals surface area contributed by atoms with E-state index < -0.39 is 0 Å². The van der Waals surface area contributed by atoms with Gasteiger partial charge in [-0.3, -0.25) is 0 Å². The molecule has 25 heavy (non-hydrogen) atoms. The lowest BCUT2D eigenvalue weighted by Crippen LogP contribution is -1.87. The minimum atomic E-state index is 0.750. The maximum absolute atomic E-state index is 4.85. The van der Waals surface area contributed by atoms with Gasteiger partial charge in [-0.05, 0) is 20.4 Å². The van der Waals surface area contributed by atoms with Crippen molar-refractivity contribution in [1.82, 2.24) is 9.55 Å². The Morgan fingerprint density at radius 2 is 1.20 bits per heavy atom. The molecule has 3 nitrogen and oxygen atoms in total. The summed E-state index contributed by atoms with van der Waals surface area (Å²) in [6.07, 6.45) is 3.71. The number of nitrogens with zero attached hydrogens (tertiary/aromatic N) is 2. The third kappa shape index (κ3) is 34.7. The second-order valence-corrected chi connectivity index (χ2v) is 3.65. The first kappa shape index (κ1) is 34.7. The van der Waals surface area contributed by atoms with Crippen LogP contribution in [-0.2, 0) is 7.05 Å². The molecular weight excluding hydrogens is 306 g/mol. The lowest BCUT2D eigenvalue weighted by atomic mass is 10.2. The molecular formula is C22H47N3. The molecule has 0 amide bonds. The maximum Gasteiger partial charge on any atom is 0.105 e. The summed E-state index contributed by atoms with van der Waals surface area (Å²) in [6, 6.07) is 10.3. The van der Waals surface area contributed by atoms with Crippen LogP contribution >= 0.6 is 0 Å². The van der Waals surface area contributed by atoms with Crippen LogP contribution in [0.15, 0.2) is 42.7 Å². The van der Waals surface area contributed by atoms with Gasteiger partial charge >= 0.3 is 0 Å². The second-order valence-electron chi connectivity index (χ2n) is 3.65. The summed E-state index contributed by atoms with van der Waals surface area (Å²) >= 11 is 0. The van der Waals surface area contributed by atoms with Crippen LogP contribution in [0.3, 0.4) is 0 Å². The van der Waals surface area contributed by atoms with E-state index in [1.807, 2.05) is 105 Å². The molecule has 0 aliphatic heterocycles. The summed E-state index contributed by atoms with van der Waals surface area (Å²) in [4.78, 5) is 3.98. The molecule has 0 aliphatic carbocycles. The van der Waals surface area contributed by atoms with E-state index in [0.29, 0.717) is 0 Å². The first-order valence-corrected chi connectivity index (χ1v) is 9.77. The Balaban J connectivity index is -0.0000000695. The molecule has 0 saturated carbocycles. The van der Waals surface area contributed by atoms with Crippen molar-refractivity contribution < 1.29 is 0 Å². The van der Waals surface area contributed by atoms with Crippen molar-refractivity contribution in [2.75, 3.05) is 6.54 Å². The number of hydrogen-bond donors (Lipinski definition) is 1. The number of nitrogens with two attached hydrogens (primary N) is 1. The summed E-state index contributed by atoms with van der Waals surface area (Å²) in [5.74, 6) is 1.06. The number of aryl methyl sites for hydroxylation is 3. The van der Waals surface area contributed by atoms with Crippen LogP contribution in [0.2, 0.25) is 0 Å². The standard InChI is InChI=1S/C7H8.C5H8N2.C2H7N.4C2H6/c1-7-5-3-2-4-6-7;1-5-6-3-4-7(5)2;1-2-3;4*1-2/h2-6H,1H3;3-4H,1-2H3;2-3H2,1H3;4*1-2H3.